The number of hydrogen-bond donors (Lipinski definition) is 3. The molecule has 2 aromatic carbocycles. The number of nitrogens with zero attached hydrogens (tertiary/aromatic N) is 3. The number of ether oxygens (including phenoxy) is 2. The van der Waals surface area contributed by atoms with Crippen LogP contribution in [0.4, 0.5) is 10.5 Å². The number of anilines is 1. The molecule has 45 heavy (non-hydrogen) atoms. The van der Waals surface area contributed by atoms with E-state index in [1.165, 1.54) is 17.1 Å². The number of carboxylic acids is 1. The Hall–Kier alpha value is -5.10. The van der Waals surface area contributed by atoms with E-state index in [9.17, 15) is 32.7 Å². The van der Waals surface area contributed by atoms with E-state index in [0.29, 0.717) is 28.3 Å². The Labute approximate surface area is 260 Å². The van der Waals surface area contributed by atoms with Gasteiger partial charge in [0.05, 0.1) is 35.0 Å². The summed E-state index contributed by atoms with van der Waals surface area (Å²) in [6.45, 7) is 5.37. The van der Waals surface area contributed by atoms with Crippen molar-refractivity contribution in [3.05, 3.63) is 64.7 Å². The van der Waals surface area contributed by atoms with Gasteiger partial charge < -0.3 is 30.9 Å². The minimum atomic E-state index is -4.56. The van der Waals surface area contributed by atoms with Crippen molar-refractivity contribution in [3.63, 3.8) is 0 Å². The Bertz CT molecular complexity index is 1620. The Balaban J connectivity index is 1.97. The number of rotatable bonds is 11. The number of amides is 3. The average Bonchev–Trinajstić information content (AvgIpc) is 2.94. The van der Waals surface area contributed by atoms with E-state index >= 15 is 0 Å². The minimum Gasteiger partial charge on any atom is -0.489 e. The normalized spacial score (nSPS) is 14.0. The fourth-order valence-corrected chi connectivity index (χ4v) is 5.72. The molecule has 3 amide bonds. The standard InChI is InChI=1S/C30H35N5O9S/c1-30(2,3)44-29(40)34-12-9-22(10-13-34)43-26-23(27(32)38)15-21(16-24(26)28(33)39)35(45(41,42)18-25(36)37)11-5-8-19-6-4-7-20(14-19)17-31/h4-8,14-16,22H,9-13,18H2,1-3H3,(H2,32,38)(H2,33,39)(H,36,37). The van der Waals surface area contributed by atoms with Crippen molar-refractivity contribution in [3.8, 4) is 11.8 Å². The second-order valence-electron chi connectivity index (χ2n) is 11.2. The number of piperidine rings is 1. The maximum Gasteiger partial charge on any atom is 0.410 e. The number of likely N-dealkylation sites (tertiary alicyclic amines) is 1. The lowest BCUT2D eigenvalue weighted by atomic mass is 10.0. The van der Waals surface area contributed by atoms with Gasteiger partial charge >= 0.3 is 12.1 Å². The first kappa shape index (κ1) is 34.4. The lowest BCUT2D eigenvalue weighted by Gasteiger charge is -2.34. The average molecular weight is 642 g/mol. The van der Waals surface area contributed by atoms with Crippen molar-refractivity contribution < 1.29 is 42.2 Å². The number of hydrogen-bond acceptors (Lipinski definition) is 9. The van der Waals surface area contributed by atoms with Crippen molar-refractivity contribution in [2.24, 2.45) is 11.5 Å². The number of nitrogens with two attached hydrogens (primary N) is 2. The molecule has 14 nitrogen and oxygen atoms in total. The van der Waals surface area contributed by atoms with E-state index in [1.807, 2.05) is 6.07 Å². The highest BCUT2D eigenvalue weighted by atomic mass is 32.2. The number of aliphatic carboxylic acids is 1. The van der Waals surface area contributed by atoms with Gasteiger partial charge in [0, 0.05) is 25.9 Å². The summed E-state index contributed by atoms with van der Waals surface area (Å²) < 4.78 is 38.5. The number of carbonyl (C=O) groups is 4. The highest BCUT2D eigenvalue weighted by Gasteiger charge is 2.32. The summed E-state index contributed by atoms with van der Waals surface area (Å²) in [5.74, 6) is -5.29. The van der Waals surface area contributed by atoms with Crippen molar-refractivity contribution in [1.29, 1.82) is 5.26 Å². The van der Waals surface area contributed by atoms with Crippen LogP contribution in [0.5, 0.6) is 5.75 Å². The van der Waals surface area contributed by atoms with E-state index in [2.05, 4.69) is 0 Å². The van der Waals surface area contributed by atoms with E-state index in [-0.39, 0.29) is 35.7 Å². The van der Waals surface area contributed by atoms with Gasteiger partial charge in [0.25, 0.3) is 11.8 Å². The number of carbonyl (C=O) groups excluding carboxylic acids is 3. The molecule has 0 atom stereocenters. The molecule has 15 heteroatoms. The number of carboxylic acid groups (broad SMARTS) is 1. The van der Waals surface area contributed by atoms with Crippen LogP contribution < -0.4 is 20.5 Å². The summed E-state index contributed by atoms with van der Waals surface area (Å²) in [5, 5.41) is 18.4. The lowest BCUT2D eigenvalue weighted by Crippen LogP contribution is -2.44. The van der Waals surface area contributed by atoms with E-state index in [1.54, 1.807) is 45.0 Å². The third kappa shape index (κ3) is 9.44. The van der Waals surface area contributed by atoms with Crippen molar-refractivity contribution in [2.45, 2.75) is 45.3 Å². The Morgan fingerprint density at radius 2 is 1.69 bits per heavy atom. The maximum atomic E-state index is 13.2. The van der Waals surface area contributed by atoms with Crippen LogP contribution in [0.15, 0.2) is 42.5 Å². The molecule has 1 saturated heterocycles. The van der Waals surface area contributed by atoms with Gasteiger partial charge in [-0.1, -0.05) is 24.3 Å². The zero-order valence-corrected chi connectivity index (χ0v) is 25.9. The first-order valence-corrected chi connectivity index (χ1v) is 15.4. The van der Waals surface area contributed by atoms with Gasteiger partial charge in [-0.15, -0.1) is 0 Å². The molecule has 2 aromatic rings. The molecule has 0 unspecified atom stereocenters. The van der Waals surface area contributed by atoms with Crippen LogP contribution in [-0.2, 0) is 19.6 Å². The molecule has 0 bridgehead atoms. The SMILES string of the molecule is CC(C)(C)OC(=O)N1CCC(Oc2c(C(N)=O)cc(N(CC=Cc3cccc(C#N)c3)S(=O)(=O)CC(=O)O)cc2C(N)=O)CC1. The highest BCUT2D eigenvalue weighted by Crippen LogP contribution is 2.33. The van der Waals surface area contributed by atoms with E-state index in [4.69, 9.17) is 26.2 Å². The van der Waals surface area contributed by atoms with Crippen LogP contribution in [0.25, 0.3) is 6.08 Å². The van der Waals surface area contributed by atoms with Crippen LogP contribution in [0, 0.1) is 11.3 Å². The molecular formula is C30H35N5O9S. The van der Waals surface area contributed by atoms with Gasteiger partial charge in [0.15, 0.2) is 5.75 Å². The second-order valence-corrected chi connectivity index (χ2v) is 13.1. The van der Waals surface area contributed by atoms with Crippen LogP contribution in [0.2, 0.25) is 0 Å². The van der Waals surface area contributed by atoms with Crippen LogP contribution in [-0.4, -0.2) is 79.4 Å². The monoisotopic (exact) mass is 641 g/mol. The van der Waals surface area contributed by atoms with Crippen molar-refractivity contribution in [1.82, 2.24) is 4.90 Å². The Kier molecular flexibility index (Phi) is 10.8. The Morgan fingerprint density at radius 3 is 2.20 bits per heavy atom. The van der Waals surface area contributed by atoms with E-state index in [0.717, 1.165) is 12.1 Å². The summed E-state index contributed by atoms with van der Waals surface area (Å²) in [6, 6.07) is 10.6. The quantitative estimate of drug-likeness (QED) is 0.325. The largest absolute Gasteiger partial charge is 0.489 e. The van der Waals surface area contributed by atoms with Gasteiger partial charge in [0.1, 0.15) is 17.5 Å². The first-order chi connectivity index (χ1) is 21.0. The summed E-state index contributed by atoms with van der Waals surface area (Å²) >= 11 is 0. The van der Waals surface area contributed by atoms with Gasteiger partial charge in [-0.05, 0) is 50.6 Å². The van der Waals surface area contributed by atoms with Gasteiger partial charge in [0.2, 0.25) is 10.0 Å². The highest BCUT2D eigenvalue weighted by molar-refractivity contribution is 7.93. The first-order valence-electron chi connectivity index (χ1n) is 13.8. The Morgan fingerprint density at radius 1 is 1.09 bits per heavy atom. The number of sulfonamides is 1. The maximum absolute atomic E-state index is 13.2. The molecule has 1 aliphatic heterocycles. The smallest absolute Gasteiger partial charge is 0.410 e. The van der Waals surface area contributed by atoms with Crippen LogP contribution in [0.3, 0.4) is 0 Å². The van der Waals surface area contributed by atoms with Crippen molar-refractivity contribution >= 4 is 45.7 Å². The molecule has 0 aliphatic carbocycles. The molecule has 0 saturated carbocycles. The number of nitriles is 1. The molecule has 3 rings (SSSR count). The molecule has 0 radical (unpaired) electrons. The van der Waals surface area contributed by atoms with Gasteiger partial charge in [-0.2, -0.15) is 5.26 Å². The summed E-state index contributed by atoms with van der Waals surface area (Å²) in [7, 11) is -4.56. The number of benzene rings is 2. The zero-order valence-electron chi connectivity index (χ0n) is 25.1. The molecule has 0 spiro atoms. The molecular weight excluding hydrogens is 606 g/mol. The lowest BCUT2D eigenvalue weighted by molar-refractivity contribution is -0.134. The second kappa shape index (κ2) is 14.1. The topological polar surface area (TPSA) is 223 Å². The third-order valence-corrected chi connectivity index (χ3v) is 8.15. The predicted octanol–water partition coefficient (Wildman–Crippen LogP) is 2.47. The zero-order chi connectivity index (χ0) is 33.5. The fourth-order valence-electron chi connectivity index (χ4n) is 4.51. The summed E-state index contributed by atoms with van der Waals surface area (Å²) in [5.41, 5.74) is 10.6. The molecule has 1 aliphatic rings. The van der Waals surface area contributed by atoms with Crippen LogP contribution in [0.1, 0.15) is 65.5 Å². The molecule has 1 heterocycles. The van der Waals surface area contributed by atoms with E-state index < -0.39 is 57.9 Å². The van der Waals surface area contributed by atoms with Crippen molar-refractivity contribution in [2.75, 3.05) is 29.7 Å². The number of primary amides is 2. The summed E-state index contributed by atoms with van der Waals surface area (Å²) in [4.78, 5) is 50.5. The van der Waals surface area contributed by atoms with Gasteiger partial charge in [-0.3, -0.25) is 18.7 Å². The molecule has 0 aromatic heterocycles. The molecule has 240 valence electrons. The van der Waals surface area contributed by atoms with Gasteiger partial charge in [-0.25, -0.2) is 13.2 Å². The molecule has 5 N–H and O–H groups in total. The minimum absolute atomic E-state index is 0.249. The predicted molar refractivity (Wildman–Crippen MR) is 164 cm³/mol. The fraction of sp³-hybridized carbons (Fsp3) is 0.367. The molecule has 1 fully saturated rings. The van der Waals surface area contributed by atoms with Crippen LogP contribution >= 0.6 is 0 Å². The summed E-state index contributed by atoms with van der Waals surface area (Å²) in [6.07, 6.45) is 2.50. The third-order valence-electron chi connectivity index (χ3n) is 6.51.